The maximum absolute atomic E-state index is 12.1. The van der Waals surface area contributed by atoms with Crippen molar-refractivity contribution in [2.75, 3.05) is 16.4 Å². The second kappa shape index (κ2) is 7.03. The fourth-order valence-corrected chi connectivity index (χ4v) is 7.31. The number of amides is 1. The number of carbonyl (C=O) groups excluding carboxylic acids is 1. The number of fused-ring (bicyclic) bond motifs is 1. The molecule has 140 valence electrons. The summed E-state index contributed by atoms with van der Waals surface area (Å²) in [5, 5.41) is 9.02. The van der Waals surface area contributed by atoms with Crippen molar-refractivity contribution in [2.24, 2.45) is 4.99 Å². The van der Waals surface area contributed by atoms with Gasteiger partial charge in [0.25, 0.3) is 0 Å². The Balaban J connectivity index is 1.99. The van der Waals surface area contributed by atoms with Gasteiger partial charge in [-0.15, -0.1) is 0 Å². The lowest BCUT2D eigenvalue weighted by molar-refractivity contribution is -0.138. The standard InChI is InChI=1S/C17H20N2O5S2/c1-10-4-3-5-11(2)16(10)19-12-8-26(23,24)9-13(12)25-17(19)18-14(20)6-7-15(21)22/h3-5,12-13H,6-9H2,1-2H3,(H,21,22)/t12-,13-/m1/s1. The number of carboxylic acids is 1. The predicted octanol–water partition coefficient (Wildman–Crippen LogP) is 1.77. The summed E-state index contributed by atoms with van der Waals surface area (Å²) in [6.07, 6.45) is -0.446. The lowest BCUT2D eigenvalue weighted by Gasteiger charge is -2.27. The average molecular weight is 396 g/mol. The molecule has 1 amide bonds. The number of para-hydroxylation sites is 1. The van der Waals surface area contributed by atoms with E-state index in [-0.39, 0.29) is 35.6 Å². The zero-order valence-corrected chi connectivity index (χ0v) is 16.1. The number of hydrogen-bond donors (Lipinski definition) is 1. The van der Waals surface area contributed by atoms with E-state index in [0.717, 1.165) is 16.8 Å². The largest absolute Gasteiger partial charge is 0.481 e. The van der Waals surface area contributed by atoms with Gasteiger partial charge in [-0.2, -0.15) is 4.99 Å². The first-order valence-corrected chi connectivity index (χ1v) is 10.9. The maximum atomic E-state index is 12.1. The number of anilines is 1. The van der Waals surface area contributed by atoms with Crippen LogP contribution in [0.1, 0.15) is 24.0 Å². The number of aliphatic carboxylic acids is 1. The van der Waals surface area contributed by atoms with Crippen LogP contribution in [0.2, 0.25) is 0 Å². The number of benzene rings is 1. The minimum absolute atomic E-state index is 0.0285. The second-order valence-electron chi connectivity index (χ2n) is 6.59. The molecule has 3 rings (SSSR count). The molecule has 1 N–H and O–H groups in total. The molecule has 0 saturated carbocycles. The fraction of sp³-hybridized carbons (Fsp3) is 0.471. The van der Waals surface area contributed by atoms with Gasteiger partial charge in [0.1, 0.15) is 0 Å². The first kappa shape index (κ1) is 18.9. The van der Waals surface area contributed by atoms with E-state index in [2.05, 4.69) is 4.99 Å². The summed E-state index contributed by atoms with van der Waals surface area (Å²) in [7, 11) is -3.13. The molecule has 7 nitrogen and oxygen atoms in total. The number of thioether (sulfide) groups is 1. The molecule has 0 radical (unpaired) electrons. The molecule has 1 aromatic rings. The first-order valence-electron chi connectivity index (χ1n) is 8.24. The van der Waals surface area contributed by atoms with Crippen molar-refractivity contribution >= 4 is 44.3 Å². The quantitative estimate of drug-likeness (QED) is 0.827. The molecular formula is C17H20N2O5S2. The van der Waals surface area contributed by atoms with Crippen LogP contribution in [0.25, 0.3) is 0 Å². The van der Waals surface area contributed by atoms with Crippen LogP contribution in [0.3, 0.4) is 0 Å². The van der Waals surface area contributed by atoms with Crippen LogP contribution in [-0.4, -0.2) is 53.4 Å². The second-order valence-corrected chi connectivity index (χ2v) is 9.95. The molecule has 2 fully saturated rings. The molecule has 0 unspecified atom stereocenters. The summed E-state index contributed by atoms with van der Waals surface area (Å²) in [6, 6.07) is 5.53. The molecule has 0 aliphatic carbocycles. The molecular weight excluding hydrogens is 376 g/mol. The van der Waals surface area contributed by atoms with Crippen LogP contribution in [0.4, 0.5) is 5.69 Å². The predicted molar refractivity (Wildman–Crippen MR) is 102 cm³/mol. The number of sulfone groups is 1. The van der Waals surface area contributed by atoms with Gasteiger partial charge in [0, 0.05) is 17.4 Å². The van der Waals surface area contributed by atoms with Crippen LogP contribution >= 0.6 is 11.8 Å². The highest BCUT2D eigenvalue weighted by Crippen LogP contribution is 2.43. The topological polar surface area (TPSA) is 104 Å². The minimum atomic E-state index is -3.13. The van der Waals surface area contributed by atoms with Gasteiger partial charge in [-0.1, -0.05) is 30.0 Å². The molecule has 2 aliphatic rings. The van der Waals surface area contributed by atoms with E-state index in [1.165, 1.54) is 11.8 Å². The average Bonchev–Trinajstić information content (AvgIpc) is 2.97. The van der Waals surface area contributed by atoms with Gasteiger partial charge in [0.2, 0.25) is 5.91 Å². The minimum Gasteiger partial charge on any atom is -0.481 e. The summed E-state index contributed by atoms with van der Waals surface area (Å²) in [4.78, 5) is 28.7. The Morgan fingerprint density at radius 1 is 1.23 bits per heavy atom. The molecule has 0 spiro atoms. The van der Waals surface area contributed by atoms with E-state index >= 15 is 0 Å². The van der Waals surface area contributed by atoms with Crippen LogP contribution < -0.4 is 4.90 Å². The molecule has 2 saturated heterocycles. The summed E-state index contributed by atoms with van der Waals surface area (Å²) in [5.41, 5.74) is 2.82. The Morgan fingerprint density at radius 3 is 2.50 bits per heavy atom. The number of aryl methyl sites for hydroxylation is 2. The normalized spacial score (nSPS) is 25.5. The van der Waals surface area contributed by atoms with Crippen molar-refractivity contribution in [1.29, 1.82) is 0 Å². The molecule has 2 atom stereocenters. The summed E-state index contributed by atoms with van der Waals surface area (Å²) < 4.78 is 24.2. The van der Waals surface area contributed by atoms with Gasteiger partial charge in [-0.25, -0.2) is 8.42 Å². The van der Waals surface area contributed by atoms with Crippen molar-refractivity contribution in [3.63, 3.8) is 0 Å². The van der Waals surface area contributed by atoms with Gasteiger partial charge in [-0.3, -0.25) is 9.59 Å². The Bertz CT molecular complexity index is 874. The van der Waals surface area contributed by atoms with Crippen molar-refractivity contribution < 1.29 is 23.1 Å². The lowest BCUT2D eigenvalue weighted by atomic mass is 10.1. The monoisotopic (exact) mass is 396 g/mol. The molecule has 1 aromatic carbocycles. The third-order valence-corrected chi connectivity index (χ3v) is 7.73. The van der Waals surface area contributed by atoms with Gasteiger partial charge in [0.15, 0.2) is 15.0 Å². The molecule has 0 bridgehead atoms. The number of hydrogen-bond acceptors (Lipinski definition) is 5. The zero-order valence-electron chi connectivity index (χ0n) is 14.5. The molecule has 26 heavy (non-hydrogen) atoms. The van der Waals surface area contributed by atoms with Crippen LogP contribution in [0.15, 0.2) is 23.2 Å². The number of amidine groups is 1. The van der Waals surface area contributed by atoms with Crippen LogP contribution in [0.5, 0.6) is 0 Å². The van der Waals surface area contributed by atoms with Gasteiger partial charge in [-0.05, 0) is 25.0 Å². The van der Waals surface area contributed by atoms with E-state index in [1.54, 1.807) is 0 Å². The van der Waals surface area contributed by atoms with Crippen molar-refractivity contribution in [1.82, 2.24) is 0 Å². The summed E-state index contributed by atoms with van der Waals surface area (Å²) >= 11 is 1.29. The smallest absolute Gasteiger partial charge is 0.303 e. The molecule has 9 heteroatoms. The van der Waals surface area contributed by atoms with Gasteiger partial charge < -0.3 is 10.0 Å². The Labute approximate surface area is 156 Å². The molecule has 2 aliphatic heterocycles. The van der Waals surface area contributed by atoms with E-state index in [0.29, 0.717) is 5.17 Å². The van der Waals surface area contributed by atoms with Crippen LogP contribution in [-0.2, 0) is 19.4 Å². The Morgan fingerprint density at radius 2 is 1.88 bits per heavy atom. The fourth-order valence-electron chi connectivity index (χ4n) is 3.39. The van der Waals surface area contributed by atoms with Crippen LogP contribution in [0, 0.1) is 13.8 Å². The Hall–Kier alpha value is -1.87. The van der Waals surface area contributed by atoms with Crippen molar-refractivity contribution in [3.05, 3.63) is 29.3 Å². The highest BCUT2D eigenvalue weighted by atomic mass is 32.2. The summed E-state index contributed by atoms with van der Waals surface area (Å²) in [5.74, 6) is -1.46. The highest BCUT2D eigenvalue weighted by Gasteiger charge is 2.49. The van der Waals surface area contributed by atoms with E-state index in [9.17, 15) is 18.0 Å². The first-order chi connectivity index (χ1) is 12.2. The zero-order chi connectivity index (χ0) is 19.1. The Kier molecular flexibility index (Phi) is 5.12. The van der Waals surface area contributed by atoms with Gasteiger partial charge in [0.05, 0.1) is 24.0 Å². The van der Waals surface area contributed by atoms with Crippen molar-refractivity contribution in [3.8, 4) is 0 Å². The SMILES string of the molecule is Cc1cccc(C)c1N1C(=NC(=O)CCC(=O)O)S[C@@H]2CS(=O)(=O)C[C@H]21. The third-order valence-electron chi connectivity index (χ3n) is 4.52. The number of nitrogens with zero attached hydrogens (tertiary/aromatic N) is 2. The lowest BCUT2D eigenvalue weighted by Crippen LogP contribution is -2.38. The highest BCUT2D eigenvalue weighted by molar-refractivity contribution is 8.16. The van der Waals surface area contributed by atoms with Gasteiger partial charge >= 0.3 is 5.97 Å². The van der Waals surface area contributed by atoms with E-state index in [1.807, 2.05) is 36.9 Å². The number of rotatable bonds is 4. The number of aliphatic imine (C=N–C) groups is 1. The number of carbonyl (C=O) groups is 2. The molecule has 2 heterocycles. The number of carboxylic acid groups (broad SMARTS) is 1. The molecule has 0 aromatic heterocycles. The van der Waals surface area contributed by atoms with E-state index in [4.69, 9.17) is 5.11 Å². The van der Waals surface area contributed by atoms with Crippen molar-refractivity contribution in [2.45, 2.75) is 38.0 Å². The summed E-state index contributed by atoms with van der Waals surface area (Å²) in [6.45, 7) is 3.88. The maximum Gasteiger partial charge on any atom is 0.303 e. The van der Waals surface area contributed by atoms with E-state index < -0.39 is 21.7 Å². The third kappa shape index (κ3) is 3.78.